The minimum Gasteiger partial charge on any atom is -0.506 e. The number of para-hydroxylation sites is 1. The summed E-state index contributed by atoms with van der Waals surface area (Å²) < 4.78 is 43.7. The molecule has 9 heteroatoms. The molecule has 0 fully saturated rings. The molecule has 0 aliphatic heterocycles. The predicted octanol–water partition coefficient (Wildman–Crippen LogP) is 6.25. The fourth-order valence-electron chi connectivity index (χ4n) is 3.32. The van der Waals surface area contributed by atoms with Crippen LogP contribution in [0.5, 0.6) is 5.75 Å². The number of halogens is 1. The molecule has 160 valence electrons. The summed E-state index contributed by atoms with van der Waals surface area (Å²) in [6.45, 7) is 0. The standard InChI is InChI=1S/C23H15FN2O3S3/c24-14-6-5-7-15(12-14)32(28,29)26-19-13-21(22(27)17-9-2-1-8-16(17)19)31-23-25-18-10-3-4-11-20(18)30-23/h1-13,26-27H. The van der Waals surface area contributed by atoms with Crippen LogP contribution in [0.1, 0.15) is 0 Å². The molecule has 5 rings (SSSR count). The average molecular weight is 483 g/mol. The van der Waals surface area contributed by atoms with Crippen LogP contribution in [0.2, 0.25) is 0 Å². The first kappa shape index (κ1) is 20.7. The third-order valence-electron chi connectivity index (χ3n) is 4.80. The van der Waals surface area contributed by atoms with Crippen LogP contribution >= 0.6 is 23.1 Å². The first-order valence-corrected chi connectivity index (χ1v) is 12.6. The summed E-state index contributed by atoms with van der Waals surface area (Å²) in [6.07, 6.45) is 0. The van der Waals surface area contributed by atoms with E-state index < -0.39 is 15.8 Å². The fraction of sp³-hybridized carbons (Fsp3) is 0. The highest BCUT2D eigenvalue weighted by atomic mass is 32.2. The number of phenols is 1. The number of aromatic hydroxyl groups is 1. The summed E-state index contributed by atoms with van der Waals surface area (Å²) in [5.41, 5.74) is 1.14. The van der Waals surface area contributed by atoms with E-state index in [-0.39, 0.29) is 16.3 Å². The number of anilines is 1. The van der Waals surface area contributed by atoms with E-state index in [9.17, 15) is 17.9 Å². The second kappa shape index (κ2) is 8.09. The monoisotopic (exact) mass is 482 g/mol. The number of hydrogen-bond acceptors (Lipinski definition) is 6. The largest absolute Gasteiger partial charge is 0.506 e. The van der Waals surface area contributed by atoms with E-state index in [1.165, 1.54) is 41.3 Å². The van der Waals surface area contributed by atoms with E-state index in [1.54, 1.807) is 30.3 Å². The predicted molar refractivity (Wildman–Crippen MR) is 127 cm³/mol. The summed E-state index contributed by atoms with van der Waals surface area (Å²) in [6, 6.07) is 21.0. The van der Waals surface area contributed by atoms with Crippen molar-refractivity contribution in [2.45, 2.75) is 14.1 Å². The number of fused-ring (bicyclic) bond motifs is 2. The molecule has 5 nitrogen and oxygen atoms in total. The first-order chi connectivity index (χ1) is 15.4. The Morgan fingerprint density at radius 3 is 2.47 bits per heavy atom. The Bertz CT molecular complexity index is 1550. The van der Waals surface area contributed by atoms with Crippen LogP contribution in [0.25, 0.3) is 21.0 Å². The van der Waals surface area contributed by atoms with Gasteiger partial charge in [-0.25, -0.2) is 17.8 Å². The third kappa shape index (κ3) is 3.90. The molecule has 0 saturated heterocycles. The van der Waals surface area contributed by atoms with E-state index in [1.807, 2.05) is 24.3 Å². The fourth-order valence-corrected chi connectivity index (χ4v) is 6.54. The molecule has 0 aliphatic rings. The Hall–Kier alpha value is -3.14. The van der Waals surface area contributed by atoms with Crippen molar-refractivity contribution in [3.05, 3.63) is 84.7 Å². The van der Waals surface area contributed by atoms with Crippen LogP contribution in [0.15, 0.2) is 93.0 Å². The van der Waals surface area contributed by atoms with Crippen LogP contribution in [0.4, 0.5) is 10.1 Å². The quantitative estimate of drug-likeness (QED) is 0.290. The minimum absolute atomic E-state index is 0.0403. The number of aromatic nitrogens is 1. The van der Waals surface area contributed by atoms with Gasteiger partial charge in [-0.05, 0) is 36.4 Å². The summed E-state index contributed by atoms with van der Waals surface area (Å²) in [7, 11) is -4.04. The Labute approximate surface area is 191 Å². The molecule has 5 aromatic rings. The number of nitrogens with one attached hydrogen (secondary N) is 1. The van der Waals surface area contributed by atoms with Crippen LogP contribution in [-0.4, -0.2) is 18.5 Å². The van der Waals surface area contributed by atoms with Crippen molar-refractivity contribution in [2.75, 3.05) is 4.72 Å². The second-order valence-corrected chi connectivity index (χ2v) is 10.9. The van der Waals surface area contributed by atoms with E-state index in [0.29, 0.717) is 15.7 Å². The van der Waals surface area contributed by atoms with Gasteiger partial charge in [-0.3, -0.25) is 4.72 Å². The van der Waals surface area contributed by atoms with Gasteiger partial charge in [0.2, 0.25) is 0 Å². The van der Waals surface area contributed by atoms with Gasteiger partial charge in [-0.1, -0.05) is 54.2 Å². The van der Waals surface area contributed by atoms with Gasteiger partial charge in [0.05, 0.1) is 25.7 Å². The van der Waals surface area contributed by atoms with Crippen molar-refractivity contribution in [2.24, 2.45) is 0 Å². The van der Waals surface area contributed by atoms with Crippen molar-refractivity contribution in [3.8, 4) is 5.75 Å². The summed E-state index contributed by atoms with van der Waals surface area (Å²) in [4.78, 5) is 4.85. The summed E-state index contributed by atoms with van der Waals surface area (Å²) in [5, 5.41) is 11.9. The van der Waals surface area contributed by atoms with E-state index in [0.717, 1.165) is 20.6 Å². The number of sulfonamides is 1. The molecule has 32 heavy (non-hydrogen) atoms. The molecule has 0 saturated carbocycles. The van der Waals surface area contributed by atoms with E-state index in [2.05, 4.69) is 9.71 Å². The third-order valence-corrected chi connectivity index (χ3v) is 8.29. The molecule has 1 heterocycles. The maximum Gasteiger partial charge on any atom is 0.262 e. The van der Waals surface area contributed by atoms with Crippen molar-refractivity contribution in [1.82, 2.24) is 4.98 Å². The molecule has 0 unspecified atom stereocenters. The normalized spacial score (nSPS) is 11.8. The van der Waals surface area contributed by atoms with Gasteiger partial charge in [-0.15, -0.1) is 11.3 Å². The van der Waals surface area contributed by atoms with Crippen LogP contribution in [0.3, 0.4) is 0 Å². The molecule has 0 spiro atoms. The van der Waals surface area contributed by atoms with Crippen LogP contribution < -0.4 is 4.72 Å². The Morgan fingerprint density at radius 1 is 0.938 bits per heavy atom. The maximum atomic E-state index is 13.6. The van der Waals surface area contributed by atoms with Crippen molar-refractivity contribution < 1.29 is 17.9 Å². The molecular weight excluding hydrogens is 467 g/mol. The van der Waals surface area contributed by atoms with Crippen LogP contribution in [-0.2, 0) is 10.0 Å². The number of benzene rings is 4. The zero-order chi connectivity index (χ0) is 22.3. The van der Waals surface area contributed by atoms with Gasteiger partial charge in [-0.2, -0.15) is 0 Å². The van der Waals surface area contributed by atoms with E-state index >= 15 is 0 Å². The Kier molecular flexibility index (Phi) is 5.24. The molecule has 4 aromatic carbocycles. The SMILES string of the molecule is O=S(=O)(Nc1cc(Sc2nc3ccccc3s2)c(O)c2ccccc12)c1cccc(F)c1. The topological polar surface area (TPSA) is 79.3 Å². The van der Waals surface area contributed by atoms with Gasteiger partial charge in [0.25, 0.3) is 10.0 Å². The van der Waals surface area contributed by atoms with Gasteiger partial charge < -0.3 is 5.11 Å². The van der Waals surface area contributed by atoms with Gasteiger partial charge >= 0.3 is 0 Å². The molecule has 2 N–H and O–H groups in total. The lowest BCUT2D eigenvalue weighted by atomic mass is 10.1. The van der Waals surface area contributed by atoms with Crippen molar-refractivity contribution >= 4 is 59.8 Å². The lowest BCUT2D eigenvalue weighted by Gasteiger charge is -2.14. The highest BCUT2D eigenvalue weighted by molar-refractivity contribution is 8.01. The number of hydrogen-bond donors (Lipinski definition) is 2. The van der Waals surface area contributed by atoms with Crippen molar-refractivity contribution in [1.29, 1.82) is 0 Å². The zero-order valence-electron chi connectivity index (χ0n) is 16.3. The lowest BCUT2D eigenvalue weighted by Crippen LogP contribution is -2.13. The zero-order valence-corrected chi connectivity index (χ0v) is 18.8. The van der Waals surface area contributed by atoms with Gasteiger partial charge in [0.15, 0.2) is 4.34 Å². The Morgan fingerprint density at radius 2 is 1.69 bits per heavy atom. The van der Waals surface area contributed by atoms with Gasteiger partial charge in [0, 0.05) is 10.8 Å². The van der Waals surface area contributed by atoms with Gasteiger partial charge in [0.1, 0.15) is 11.6 Å². The molecular formula is C23H15FN2O3S3. The number of nitrogens with zero attached hydrogens (tertiary/aromatic N) is 1. The van der Waals surface area contributed by atoms with Crippen molar-refractivity contribution in [3.63, 3.8) is 0 Å². The molecule has 0 amide bonds. The summed E-state index contributed by atoms with van der Waals surface area (Å²) >= 11 is 2.74. The molecule has 0 radical (unpaired) electrons. The number of phenolic OH excluding ortho intramolecular Hbond substituents is 1. The molecule has 0 aliphatic carbocycles. The average Bonchev–Trinajstić information content (AvgIpc) is 3.19. The second-order valence-electron chi connectivity index (χ2n) is 6.93. The maximum absolute atomic E-state index is 13.6. The highest BCUT2D eigenvalue weighted by Crippen LogP contribution is 2.44. The number of thiazole rings is 1. The molecule has 1 aromatic heterocycles. The first-order valence-electron chi connectivity index (χ1n) is 9.47. The lowest BCUT2D eigenvalue weighted by molar-refractivity contribution is 0.469. The number of rotatable bonds is 5. The smallest absolute Gasteiger partial charge is 0.262 e. The Balaban J connectivity index is 1.60. The van der Waals surface area contributed by atoms with E-state index in [4.69, 9.17) is 0 Å². The van der Waals surface area contributed by atoms with Crippen LogP contribution in [0, 0.1) is 5.82 Å². The minimum atomic E-state index is -4.04. The molecule has 0 atom stereocenters. The highest BCUT2D eigenvalue weighted by Gasteiger charge is 2.20. The summed E-state index contributed by atoms with van der Waals surface area (Å²) in [5.74, 6) is -0.603. The molecule has 0 bridgehead atoms.